The average molecular weight is 472 g/mol. The van der Waals surface area contributed by atoms with Gasteiger partial charge in [-0.2, -0.15) is 10.5 Å². The Morgan fingerprint density at radius 3 is 2.59 bits per heavy atom. The van der Waals surface area contributed by atoms with Crippen molar-refractivity contribution in [2.24, 2.45) is 0 Å². The molecular formula is C26H25N5O2S. The fourth-order valence-corrected chi connectivity index (χ4v) is 4.90. The first-order valence-electron chi connectivity index (χ1n) is 11.1. The number of rotatable bonds is 9. The predicted octanol–water partition coefficient (Wildman–Crippen LogP) is 4.28. The molecule has 0 aliphatic carbocycles. The van der Waals surface area contributed by atoms with Gasteiger partial charge in [-0.25, -0.2) is 4.98 Å². The molecule has 1 fully saturated rings. The van der Waals surface area contributed by atoms with Crippen molar-refractivity contribution in [2.75, 3.05) is 33.4 Å². The molecule has 1 atom stereocenters. The summed E-state index contributed by atoms with van der Waals surface area (Å²) in [5, 5.41) is 24.3. The van der Waals surface area contributed by atoms with Crippen LogP contribution in [-0.4, -0.2) is 43.4 Å². The van der Waals surface area contributed by atoms with Crippen LogP contribution in [0.4, 0.5) is 0 Å². The van der Waals surface area contributed by atoms with Gasteiger partial charge in [0.15, 0.2) is 0 Å². The number of aromatic nitrogens is 2. The molecule has 0 bridgehead atoms. The van der Waals surface area contributed by atoms with E-state index in [9.17, 15) is 10.5 Å². The average Bonchev–Trinajstić information content (AvgIpc) is 3.42. The molecule has 8 heteroatoms. The van der Waals surface area contributed by atoms with E-state index in [1.165, 1.54) is 11.8 Å². The summed E-state index contributed by atoms with van der Waals surface area (Å²) in [5.74, 6) is 1.48. The van der Waals surface area contributed by atoms with Gasteiger partial charge in [0.05, 0.1) is 23.4 Å². The SMILES string of the molecule is COCCOc1ccc(-c2c(C#N)c(SCc3cccnc3)nc(C3CCNC3)c2C#N)cc1. The Kier molecular flexibility index (Phi) is 8.11. The third kappa shape index (κ3) is 5.37. The Morgan fingerprint density at radius 2 is 1.94 bits per heavy atom. The van der Waals surface area contributed by atoms with Crippen LogP contribution in [0.5, 0.6) is 5.75 Å². The van der Waals surface area contributed by atoms with Crippen LogP contribution in [0.1, 0.15) is 34.7 Å². The summed E-state index contributed by atoms with van der Waals surface area (Å²) in [4.78, 5) is 9.06. The van der Waals surface area contributed by atoms with Crippen LogP contribution < -0.4 is 10.1 Å². The largest absolute Gasteiger partial charge is 0.491 e. The highest BCUT2D eigenvalue weighted by Gasteiger charge is 2.28. The molecular weight excluding hydrogens is 446 g/mol. The van der Waals surface area contributed by atoms with Gasteiger partial charge in [0.25, 0.3) is 0 Å². The molecule has 1 aliphatic heterocycles. The predicted molar refractivity (Wildman–Crippen MR) is 130 cm³/mol. The van der Waals surface area contributed by atoms with Crippen molar-refractivity contribution in [3.8, 4) is 29.0 Å². The molecule has 4 rings (SSSR count). The highest BCUT2D eigenvalue weighted by Crippen LogP contribution is 2.39. The normalized spacial score (nSPS) is 15.0. The lowest BCUT2D eigenvalue weighted by molar-refractivity contribution is 0.146. The molecule has 1 aromatic carbocycles. The lowest BCUT2D eigenvalue weighted by Gasteiger charge is -2.18. The molecule has 1 aliphatic rings. The van der Waals surface area contributed by atoms with Gasteiger partial charge in [-0.05, 0) is 42.3 Å². The minimum Gasteiger partial charge on any atom is -0.491 e. The smallest absolute Gasteiger partial charge is 0.119 e. The van der Waals surface area contributed by atoms with Crippen LogP contribution in [0.15, 0.2) is 53.8 Å². The first-order chi connectivity index (χ1) is 16.7. The number of hydrogen-bond acceptors (Lipinski definition) is 8. The molecule has 3 aromatic rings. The van der Waals surface area contributed by atoms with Gasteiger partial charge in [0.2, 0.25) is 0 Å². The number of nitriles is 2. The van der Waals surface area contributed by atoms with Crippen LogP contribution >= 0.6 is 11.8 Å². The number of benzene rings is 1. The van der Waals surface area contributed by atoms with E-state index in [2.05, 4.69) is 22.4 Å². The van der Waals surface area contributed by atoms with Gasteiger partial charge < -0.3 is 14.8 Å². The molecule has 34 heavy (non-hydrogen) atoms. The van der Waals surface area contributed by atoms with Gasteiger partial charge in [0, 0.05) is 43.3 Å². The van der Waals surface area contributed by atoms with E-state index in [1.54, 1.807) is 13.3 Å². The van der Waals surface area contributed by atoms with Crippen LogP contribution in [-0.2, 0) is 10.5 Å². The topological polar surface area (TPSA) is 104 Å². The van der Waals surface area contributed by atoms with Crippen molar-refractivity contribution in [1.29, 1.82) is 10.5 Å². The van der Waals surface area contributed by atoms with Crippen molar-refractivity contribution in [2.45, 2.75) is 23.1 Å². The van der Waals surface area contributed by atoms with Crippen LogP contribution in [0.25, 0.3) is 11.1 Å². The van der Waals surface area contributed by atoms with Crippen molar-refractivity contribution >= 4 is 11.8 Å². The number of nitrogens with one attached hydrogen (secondary N) is 1. The minimum absolute atomic E-state index is 0.135. The summed E-state index contributed by atoms with van der Waals surface area (Å²) in [6, 6.07) is 16.1. The summed E-state index contributed by atoms with van der Waals surface area (Å²) in [7, 11) is 1.63. The van der Waals surface area contributed by atoms with E-state index in [0.717, 1.165) is 36.3 Å². The third-order valence-electron chi connectivity index (χ3n) is 5.66. The Labute approximate surface area is 203 Å². The maximum atomic E-state index is 10.2. The maximum absolute atomic E-state index is 10.2. The van der Waals surface area contributed by atoms with E-state index in [1.807, 2.05) is 42.6 Å². The minimum atomic E-state index is 0.135. The van der Waals surface area contributed by atoms with E-state index in [-0.39, 0.29) is 5.92 Å². The van der Waals surface area contributed by atoms with E-state index >= 15 is 0 Å². The van der Waals surface area contributed by atoms with E-state index < -0.39 is 0 Å². The Balaban J connectivity index is 1.77. The molecule has 0 radical (unpaired) electrons. The second-order valence-electron chi connectivity index (χ2n) is 7.86. The Morgan fingerprint density at radius 1 is 1.12 bits per heavy atom. The molecule has 3 heterocycles. The van der Waals surface area contributed by atoms with Gasteiger partial charge in [-0.3, -0.25) is 4.98 Å². The lowest BCUT2D eigenvalue weighted by atomic mass is 9.90. The maximum Gasteiger partial charge on any atom is 0.119 e. The first-order valence-corrected chi connectivity index (χ1v) is 12.1. The number of thioether (sulfide) groups is 1. The fourth-order valence-electron chi connectivity index (χ4n) is 3.97. The van der Waals surface area contributed by atoms with E-state index in [0.29, 0.717) is 46.4 Å². The molecule has 2 aromatic heterocycles. The summed E-state index contributed by atoms with van der Waals surface area (Å²) < 4.78 is 10.7. The Hall–Kier alpha value is -3.43. The van der Waals surface area contributed by atoms with Gasteiger partial charge >= 0.3 is 0 Å². The highest BCUT2D eigenvalue weighted by molar-refractivity contribution is 7.98. The number of methoxy groups -OCH3 is 1. The number of ether oxygens (including phenoxy) is 2. The quantitative estimate of drug-likeness (QED) is 0.364. The molecule has 1 saturated heterocycles. The second-order valence-corrected chi connectivity index (χ2v) is 8.82. The van der Waals surface area contributed by atoms with Gasteiger partial charge in [0.1, 0.15) is 29.5 Å². The summed E-state index contributed by atoms with van der Waals surface area (Å²) in [6.07, 6.45) is 4.46. The van der Waals surface area contributed by atoms with Crippen LogP contribution in [0.2, 0.25) is 0 Å². The summed E-state index contributed by atoms with van der Waals surface area (Å²) in [6.45, 7) is 2.61. The van der Waals surface area contributed by atoms with Gasteiger partial charge in [-0.1, -0.05) is 18.2 Å². The summed E-state index contributed by atoms with van der Waals surface area (Å²) >= 11 is 1.50. The first kappa shape index (κ1) is 23.7. The van der Waals surface area contributed by atoms with Gasteiger partial charge in [-0.15, -0.1) is 11.8 Å². The molecule has 0 amide bonds. The van der Waals surface area contributed by atoms with Crippen molar-refractivity contribution in [3.05, 3.63) is 71.2 Å². The monoisotopic (exact) mass is 471 g/mol. The third-order valence-corrected chi connectivity index (χ3v) is 6.71. The number of hydrogen-bond donors (Lipinski definition) is 1. The summed E-state index contributed by atoms with van der Waals surface area (Å²) in [5.41, 5.74) is 4.14. The second kappa shape index (κ2) is 11.6. The molecule has 7 nitrogen and oxygen atoms in total. The zero-order valence-corrected chi connectivity index (χ0v) is 19.8. The lowest BCUT2D eigenvalue weighted by Crippen LogP contribution is -2.12. The molecule has 0 saturated carbocycles. The number of nitrogens with zero attached hydrogens (tertiary/aromatic N) is 4. The van der Waals surface area contributed by atoms with E-state index in [4.69, 9.17) is 14.5 Å². The standard InChI is InChI=1S/C26H25N5O2S/c1-32-11-12-33-21-6-4-19(5-7-21)24-22(13-27)25(20-8-10-30-16-20)31-26(23(24)14-28)34-17-18-3-2-9-29-15-18/h2-7,9,15,20,30H,8,10-12,16-17H2,1H3. The zero-order valence-electron chi connectivity index (χ0n) is 19.0. The van der Waals surface area contributed by atoms with Crippen molar-refractivity contribution in [3.63, 3.8) is 0 Å². The molecule has 1 unspecified atom stereocenters. The number of pyridine rings is 2. The van der Waals surface area contributed by atoms with Crippen molar-refractivity contribution in [1.82, 2.24) is 15.3 Å². The Bertz CT molecular complexity index is 1200. The van der Waals surface area contributed by atoms with Crippen molar-refractivity contribution < 1.29 is 9.47 Å². The fraction of sp³-hybridized carbons (Fsp3) is 0.308. The van der Waals surface area contributed by atoms with Crippen LogP contribution in [0, 0.1) is 22.7 Å². The molecule has 0 spiro atoms. The molecule has 1 N–H and O–H groups in total. The highest BCUT2D eigenvalue weighted by atomic mass is 32.2. The zero-order chi connectivity index (χ0) is 23.8. The molecule has 172 valence electrons. The van der Waals surface area contributed by atoms with Crippen LogP contribution in [0.3, 0.4) is 0 Å².